The number of nitrogens with zero attached hydrogens (tertiary/aromatic N) is 3. The number of fused-ring (bicyclic) bond motifs is 2. The average molecular weight is 348 g/mol. The minimum absolute atomic E-state index is 0.229. The van der Waals surface area contributed by atoms with E-state index in [-0.39, 0.29) is 27.9 Å². The lowest BCUT2D eigenvalue weighted by molar-refractivity contribution is 0.0920. The number of carbonyl (C=O) groups excluding carboxylic acids is 1. The van der Waals surface area contributed by atoms with E-state index in [4.69, 9.17) is 11.6 Å². The number of amides is 1. The summed E-state index contributed by atoms with van der Waals surface area (Å²) in [5, 5.41) is 6.13. The van der Waals surface area contributed by atoms with Gasteiger partial charge < -0.3 is 10.6 Å². The van der Waals surface area contributed by atoms with E-state index in [9.17, 15) is 9.59 Å². The number of amidine groups is 1. The summed E-state index contributed by atoms with van der Waals surface area (Å²) in [5.41, 5.74) is -0.462. The van der Waals surface area contributed by atoms with Gasteiger partial charge in [0.25, 0.3) is 11.5 Å². The molecular weight excluding hydrogens is 330 g/mol. The van der Waals surface area contributed by atoms with Crippen molar-refractivity contribution in [3.05, 3.63) is 39.4 Å². The first-order valence-electron chi connectivity index (χ1n) is 7.67. The molecule has 1 aliphatic heterocycles. The zero-order valence-electron chi connectivity index (χ0n) is 13.3. The van der Waals surface area contributed by atoms with Crippen LogP contribution in [0.3, 0.4) is 0 Å². The second-order valence-corrected chi connectivity index (χ2v) is 6.23. The highest BCUT2D eigenvalue weighted by atomic mass is 35.5. The molecule has 3 rings (SSSR count). The molecule has 1 aliphatic carbocycles. The SMILES string of the molecule is C=N/C=C\C(=NC)Nc1cc(Cl)c2n(c1=O)C1(CCCC1)NC2=O. The Labute approximate surface area is 144 Å². The normalized spacial score (nSPS) is 18.9. The monoisotopic (exact) mass is 347 g/mol. The zero-order valence-corrected chi connectivity index (χ0v) is 14.1. The Morgan fingerprint density at radius 3 is 2.79 bits per heavy atom. The minimum atomic E-state index is -0.660. The van der Waals surface area contributed by atoms with Crippen LogP contribution in [0.2, 0.25) is 5.02 Å². The second-order valence-electron chi connectivity index (χ2n) is 5.82. The third kappa shape index (κ3) is 2.54. The summed E-state index contributed by atoms with van der Waals surface area (Å²) in [4.78, 5) is 32.9. The van der Waals surface area contributed by atoms with E-state index in [2.05, 4.69) is 27.3 Å². The second kappa shape index (κ2) is 6.24. The van der Waals surface area contributed by atoms with E-state index in [1.807, 2.05) is 0 Å². The quantitative estimate of drug-likeness (QED) is 0.648. The van der Waals surface area contributed by atoms with Gasteiger partial charge in [0.15, 0.2) is 0 Å². The van der Waals surface area contributed by atoms with Crippen LogP contribution in [0.15, 0.2) is 33.1 Å². The molecule has 0 atom stereocenters. The summed E-state index contributed by atoms with van der Waals surface area (Å²) in [6.07, 6.45) is 6.41. The van der Waals surface area contributed by atoms with E-state index < -0.39 is 5.66 Å². The highest BCUT2D eigenvalue weighted by molar-refractivity contribution is 6.34. The van der Waals surface area contributed by atoms with Crippen LogP contribution < -0.4 is 16.2 Å². The third-order valence-corrected chi connectivity index (χ3v) is 4.70. The molecule has 0 saturated heterocycles. The van der Waals surface area contributed by atoms with Crippen LogP contribution in [0.25, 0.3) is 0 Å². The molecule has 0 unspecified atom stereocenters. The number of aliphatic imine (C=N–C) groups is 2. The molecule has 1 spiro atoms. The summed E-state index contributed by atoms with van der Waals surface area (Å²) < 4.78 is 1.51. The number of rotatable bonds is 3. The van der Waals surface area contributed by atoms with Gasteiger partial charge in [-0.2, -0.15) is 0 Å². The van der Waals surface area contributed by atoms with Crippen molar-refractivity contribution in [3.63, 3.8) is 0 Å². The molecule has 1 saturated carbocycles. The van der Waals surface area contributed by atoms with Crippen molar-refractivity contribution < 1.29 is 4.79 Å². The van der Waals surface area contributed by atoms with Gasteiger partial charge in [0.1, 0.15) is 22.9 Å². The third-order valence-electron chi connectivity index (χ3n) is 4.42. The number of nitrogens with one attached hydrogen (secondary N) is 2. The van der Waals surface area contributed by atoms with Crippen molar-refractivity contribution >= 4 is 35.7 Å². The van der Waals surface area contributed by atoms with Crippen molar-refractivity contribution in [2.75, 3.05) is 12.4 Å². The lowest BCUT2D eigenvalue weighted by Crippen LogP contribution is -2.45. The van der Waals surface area contributed by atoms with Crippen LogP contribution in [0, 0.1) is 0 Å². The van der Waals surface area contributed by atoms with Crippen molar-refractivity contribution in [3.8, 4) is 0 Å². The highest BCUT2D eigenvalue weighted by Gasteiger charge is 2.46. The Morgan fingerprint density at radius 2 is 2.17 bits per heavy atom. The van der Waals surface area contributed by atoms with Gasteiger partial charge in [-0.15, -0.1) is 0 Å². The molecule has 1 aromatic rings. The lowest BCUT2D eigenvalue weighted by atomic mass is 10.1. The van der Waals surface area contributed by atoms with Gasteiger partial charge in [0.05, 0.1) is 5.02 Å². The fourth-order valence-corrected chi connectivity index (χ4v) is 3.64. The summed E-state index contributed by atoms with van der Waals surface area (Å²) in [5.74, 6) is 0.138. The number of hydrogen-bond acceptors (Lipinski definition) is 4. The van der Waals surface area contributed by atoms with Crippen LogP contribution >= 0.6 is 11.6 Å². The van der Waals surface area contributed by atoms with Gasteiger partial charge >= 0.3 is 0 Å². The first kappa shape index (κ1) is 16.4. The van der Waals surface area contributed by atoms with Crippen molar-refractivity contribution in [1.29, 1.82) is 0 Å². The van der Waals surface area contributed by atoms with Crippen LogP contribution in [0.1, 0.15) is 36.2 Å². The number of aromatic nitrogens is 1. The van der Waals surface area contributed by atoms with Gasteiger partial charge in [-0.05, 0) is 44.5 Å². The Kier molecular flexibility index (Phi) is 4.28. The van der Waals surface area contributed by atoms with E-state index in [1.165, 1.54) is 16.8 Å². The zero-order chi connectivity index (χ0) is 17.3. The molecule has 1 amide bonds. The predicted octanol–water partition coefficient (Wildman–Crippen LogP) is 2.13. The largest absolute Gasteiger partial charge is 0.336 e. The topological polar surface area (TPSA) is 87.8 Å². The van der Waals surface area contributed by atoms with E-state index >= 15 is 0 Å². The van der Waals surface area contributed by atoms with E-state index in [0.717, 1.165) is 25.7 Å². The van der Waals surface area contributed by atoms with Crippen molar-refractivity contribution in [2.45, 2.75) is 31.3 Å². The van der Waals surface area contributed by atoms with E-state index in [0.29, 0.717) is 5.84 Å². The Bertz CT molecular complexity index is 818. The summed E-state index contributed by atoms with van der Waals surface area (Å²) >= 11 is 6.29. The average Bonchev–Trinajstić information content (AvgIpc) is 3.13. The van der Waals surface area contributed by atoms with Crippen molar-refractivity contribution in [2.24, 2.45) is 9.98 Å². The van der Waals surface area contributed by atoms with Crippen LogP contribution in [-0.4, -0.2) is 30.1 Å². The summed E-state index contributed by atoms with van der Waals surface area (Å²) in [7, 11) is 1.59. The molecular formula is C16H18ClN5O2. The molecule has 2 heterocycles. The summed E-state index contributed by atoms with van der Waals surface area (Å²) in [6, 6.07) is 1.46. The first-order chi connectivity index (χ1) is 11.5. The maximum absolute atomic E-state index is 13.0. The smallest absolute Gasteiger partial charge is 0.276 e. The Morgan fingerprint density at radius 1 is 1.46 bits per heavy atom. The van der Waals surface area contributed by atoms with Crippen LogP contribution in [-0.2, 0) is 5.66 Å². The van der Waals surface area contributed by atoms with Gasteiger partial charge in [0.2, 0.25) is 0 Å². The number of anilines is 1. The molecule has 2 aliphatic rings. The molecule has 0 bridgehead atoms. The molecule has 8 heteroatoms. The number of halogens is 1. The van der Waals surface area contributed by atoms with Gasteiger partial charge in [0, 0.05) is 13.2 Å². The highest BCUT2D eigenvalue weighted by Crippen LogP contribution is 2.39. The fourth-order valence-electron chi connectivity index (χ4n) is 3.36. The minimum Gasteiger partial charge on any atom is -0.336 e. The molecule has 0 aromatic carbocycles. The first-order valence-corrected chi connectivity index (χ1v) is 8.05. The molecule has 126 valence electrons. The number of carbonyl (C=O) groups is 1. The molecule has 0 radical (unpaired) electrons. The van der Waals surface area contributed by atoms with Crippen LogP contribution in [0.4, 0.5) is 5.69 Å². The van der Waals surface area contributed by atoms with Gasteiger partial charge in [-0.3, -0.25) is 24.1 Å². The number of hydrogen-bond donors (Lipinski definition) is 2. The maximum atomic E-state index is 13.0. The Hall–Kier alpha value is -2.41. The number of pyridine rings is 1. The summed E-state index contributed by atoms with van der Waals surface area (Å²) in [6.45, 7) is 3.36. The standard InChI is InChI=1S/C16H18ClN5O2/c1-18-8-5-12(19-2)20-11-9-10(17)13-14(23)21-16(6-3-4-7-16)22(13)15(11)24/h5,8-9H,1,3-4,6-7H2,2H3,(H,19,20)(H,21,23)/b8-5-. The molecule has 1 aromatic heterocycles. The van der Waals surface area contributed by atoms with Gasteiger partial charge in [-0.1, -0.05) is 11.6 Å². The molecule has 1 fully saturated rings. The van der Waals surface area contributed by atoms with Crippen molar-refractivity contribution in [1.82, 2.24) is 9.88 Å². The molecule has 7 nitrogen and oxygen atoms in total. The van der Waals surface area contributed by atoms with E-state index in [1.54, 1.807) is 13.1 Å². The lowest BCUT2D eigenvalue weighted by Gasteiger charge is -2.26. The van der Waals surface area contributed by atoms with Crippen LogP contribution in [0.5, 0.6) is 0 Å². The van der Waals surface area contributed by atoms with Gasteiger partial charge in [-0.25, -0.2) is 0 Å². The molecule has 2 N–H and O–H groups in total. The Balaban J connectivity index is 2.10. The predicted molar refractivity (Wildman–Crippen MR) is 95.3 cm³/mol. The fraction of sp³-hybridized carbons (Fsp3) is 0.375. The molecule has 24 heavy (non-hydrogen) atoms. The maximum Gasteiger partial charge on any atom is 0.276 e.